The summed E-state index contributed by atoms with van der Waals surface area (Å²) in [6.07, 6.45) is 19.9. The van der Waals surface area contributed by atoms with Crippen LogP contribution in [0.15, 0.2) is 120 Å². The number of hydrogen-bond donors (Lipinski definition) is 2. The van der Waals surface area contributed by atoms with Crippen molar-refractivity contribution in [2.75, 3.05) is 33.5 Å². The van der Waals surface area contributed by atoms with Gasteiger partial charge in [-0.3, -0.25) is 9.69 Å². The van der Waals surface area contributed by atoms with E-state index >= 15 is 4.79 Å². The van der Waals surface area contributed by atoms with Crippen LogP contribution in [0.2, 0.25) is 0 Å². The molecule has 404 valence electrons. The van der Waals surface area contributed by atoms with Gasteiger partial charge in [-0.1, -0.05) is 137 Å². The minimum Gasteiger partial charge on any atom is -0.496 e. The molecular weight excluding hydrogens is 952 g/mol. The Kier molecular flexibility index (Phi) is 22.2. The molecule has 0 saturated heterocycles. The van der Waals surface area contributed by atoms with E-state index in [9.17, 15) is 19.4 Å². The van der Waals surface area contributed by atoms with Gasteiger partial charge >= 0.3 is 6.09 Å². The van der Waals surface area contributed by atoms with E-state index < -0.39 is 29.7 Å². The summed E-state index contributed by atoms with van der Waals surface area (Å²) < 4.78 is 47.4. The highest BCUT2D eigenvalue weighted by Crippen LogP contribution is 2.62. The van der Waals surface area contributed by atoms with Crippen molar-refractivity contribution >= 4 is 18.1 Å². The second-order valence-corrected chi connectivity index (χ2v) is 20.2. The summed E-state index contributed by atoms with van der Waals surface area (Å²) in [5.74, 6) is -1.00. The van der Waals surface area contributed by atoms with Crippen molar-refractivity contribution < 1.29 is 52.7 Å². The second kappa shape index (κ2) is 29.3. The van der Waals surface area contributed by atoms with Gasteiger partial charge in [0.05, 0.1) is 37.5 Å². The molecule has 6 atom stereocenters. The number of oxime groups is 1. The van der Waals surface area contributed by atoms with Crippen LogP contribution in [0.5, 0.6) is 23.0 Å². The largest absolute Gasteiger partial charge is 0.496 e. The van der Waals surface area contributed by atoms with Crippen molar-refractivity contribution in [2.24, 2.45) is 22.9 Å². The number of aldehydes is 1. The number of ether oxygens (including phenoxy) is 5. The number of aliphatic hydroxyl groups excluding tert-OH is 2. The molecule has 6 unspecified atom stereocenters. The van der Waals surface area contributed by atoms with Crippen LogP contribution >= 0.6 is 0 Å². The maximum atomic E-state index is 15.1. The number of amides is 1. The predicted octanol–water partition coefficient (Wildman–Crippen LogP) is 13.8. The quantitative estimate of drug-likeness (QED) is 0.0210. The zero-order valence-corrected chi connectivity index (χ0v) is 44.2. The number of aliphatic hydroxyl groups is 2. The Morgan fingerprint density at radius 1 is 0.840 bits per heavy atom. The van der Waals surface area contributed by atoms with Gasteiger partial charge in [-0.15, -0.1) is 6.58 Å². The summed E-state index contributed by atoms with van der Waals surface area (Å²) in [6.45, 7) is 6.97. The molecule has 4 aromatic carbocycles. The van der Waals surface area contributed by atoms with E-state index in [0.717, 1.165) is 67.9 Å². The van der Waals surface area contributed by atoms with Crippen LogP contribution in [0.4, 0.5) is 9.18 Å². The number of allylic oxidation sites excluding steroid dienone is 1. The van der Waals surface area contributed by atoms with Gasteiger partial charge in [0.25, 0.3) is 0 Å². The molecule has 1 heterocycles. The summed E-state index contributed by atoms with van der Waals surface area (Å²) in [4.78, 5) is 35.2. The third-order valence-electron chi connectivity index (χ3n) is 15.1. The van der Waals surface area contributed by atoms with Gasteiger partial charge in [0.1, 0.15) is 41.5 Å². The zero-order chi connectivity index (χ0) is 52.8. The van der Waals surface area contributed by atoms with Crippen LogP contribution < -0.4 is 14.2 Å². The molecule has 2 N–H and O–H groups in total. The number of rotatable bonds is 32. The number of nitrogens with zero attached hydrogens (tertiary/aromatic N) is 2. The smallest absolute Gasteiger partial charge is 0.410 e. The number of methoxy groups -OCH3 is 1. The van der Waals surface area contributed by atoms with Crippen molar-refractivity contribution in [1.29, 1.82) is 0 Å². The Balaban J connectivity index is 1.35. The highest BCUT2D eigenvalue weighted by Gasteiger charge is 2.65. The molecule has 75 heavy (non-hydrogen) atoms. The second-order valence-electron chi connectivity index (χ2n) is 20.2. The molecule has 1 fully saturated rings. The van der Waals surface area contributed by atoms with Gasteiger partial charge in [-0.05, 0) is 109 Å². The molecule has 0 spiro atoms. The summed E-state index contributed by atoms with van der Waals surface area (Å²) in [6, 6.07) is 25.9. The molecule has 7 rings (SSSR count). The normalized spacial score (nSPS) is 21.0. The standard InChI is InChI=1S/C62H79FN2O10/c1-4-6-7-8-9-10-11-12-13-21-37-71-61(69)65(42-45-26-28-49(63)29-27-45)58-41-55(64-73-44-46-22-15-14-16-23-46)53-39-47(24-17-19-34-66)52(25-18-20-35-67)59-54-40-51(74-50-30-32-56(70-3)48(38-50)43-68)31-33-57(54)75-62(58,60(53)59)72-36-5-2/h5,14-16,22-23,26-33,38-40,43,47,52,58-60,66-67H,2,4,6-13,17-21,24-25,34-37,41-42,44H2,1,3H3. The average molecular weight is 1030 g/mol. The maximum absolute atomic E-state index is 15.1. The fourth-order valence-electron chi connectivity index (χ4n) is 11.4. The van der Waals surface area contributed by atoms with Gasteiger partial charge in [0.15, 0.2) is 6.29 Å². The molecule has 2 aliphatic carbocycles. The molecular formula is C62H79FN2O10. The van der Waals surface area contributed by atoms with Gasteiger partial charge < -0.3 is 38.7 Å². The van der Waals surface area contributed by atoms with E-state index in [4.69, 9.17) is 33.7 Å². The zero-order valence-electron chi connectivity index (χ0n) is 44.2. The average Bonchev–Trinajstić information content (AvgIpc) is 3.46. The van der Waals surface area contributed by atoms with Crippen molar-refractivity contribution in [2.45, 2.75) is 147 Å². The van der Waals surface area contributed by atoms with E-state index in [2.05, 4.69) is 19.6 Å². The van der Waals surface area contributed by atoms with Crippen LogP contribution in [-0.4, -0.2) is 78.6 Å². The summed E-state index contributed by atoms with van der Waals surface area (Å²) in [5.41, 5.74) is 4.35. The molecule has 12 nitrogen and oxygen atoms in total. The van der Waals surface area contributed by atoms with Crippen LogP contribution in [0, 0.1) is 23.6 Å². The fraction of sp³-hybridized carbons (Fsp3) is 0.500. The molecule has 4 aromatic rings. The topological polar surface area (TPSA) is 146 Å². The number of carbonyl (C=O) groups excluding carboxylic acids is 2. The van der Waals surface area contributed by atoms with E-state index in [1.54, 1.807) is 41.3 Å². The van der Waals surface area contributed by atoms with E-state index in [-0.39, 0.29) is 63.8 Å². The number of benzene rings is 4. The Morgan fingerprint density at radius 3 is 2.23 bits per heavy atom. The maximum Gasteiger partial charge on any atom is 0.410 e. The van der Waals surface area contributed by atoms with Crippen LogP contribution in [0.25, 0.3) is 0 Å². The van der Waals surface area contributed by atoms with Crippen molar-refractivity contribution in [1.82, 2.24) is 4.90 Å². The number of fused-ring (bicyclic) bond motifs is 2. The first-order chi connectivity index (χ1) is 36.8. The van der Waals surface area contributed by atoms with Gasteiger partial charge in [0.2, 0.25) is 5.79 Å². The number of unbranched alkanes of at least 4 members (excludes halogenated alkanes) is 11. The van der Waals surface area contributed by atoms with E-state index in [1.807, 2.05) is 48.5 Å². The molecule has 0 aromatic heterocycles. The first kappa shape index (κ1) is 56.7. The molecule has 0 bridgehead atoms. The first-order valence-corrected chi connectivity index (χ1v) is 27.5. The summed E-state index contributed by atoms with van der Waals surface area (Å²) in [5, 5.41) is 25.2. The minimum atomic E-state index is -1.56. The highest BCUT2D eigenvalue weighted by atomic mass is 19.1. The Hall–Kier alpha value is -6.02. The molecule has 13 heteroatoms. The summed E-state index contributed by atoms with van der Waals surface area (Å²) in [7, 11) is 1.51. The molecule has 1 aliphatic heterocycles. The molecule has 1 saturated carbocycles. The van der Waals surface area contributed by atoms with E-state index in [1.165, 1.54) is 57.8 Å². The molecule has 0 radical (unpaired) electrons. The third-order valence-corrected chi connectivity index (χ3v) is 15.1. The summed E-state index contributed by atoms with van der Waals surface area (Å²) >= 11 is 0. The van der Waals surface area contributed by atoms with Crippen LogP contribution in [-0.2, 0) is 27.5 Å². The van der Waals surface area contributed by atoms with Crippen LogP contribution in [0.1, 0.15) is 149 Å². The SMILES string of the molecule is C=CCOC12Oc3ccc(Oc4ccc(OC)c(C=O)c4)cc3C3C(CCCCO)C(CCCCO)C=C(C(=NOCc4ccccc4)CC1N(Cc1ccc(F)cc1)C(=O)OCCCCCCCCCCCC)C32. The Morgan fingerprint density at radius 2 is 1.53 bits per heavy atom. The fourth-order valence-corrected chi connectivity index (χ4v) is 11.4. The van der Waals surface area contributed by atoms with Crippen molar-refractivity contribution in [3.63, 3.8) is 0 Å². The van der Waals surface area contributed by atoms with Crippen molar-refractivity contribution in [3.8, 4) is 23.0 Å². The lowest BCUT2D eigenvalue weighted by Gasteiger charge is -2.59. The lowest BCUT2D eigenvalue weighted by molar-refractivity contribution is -0.256. The lowest BCUT2D eigenvalue weighted by atomic mass is 9.55. The monoisotopic (exact) mass is 1030 g/mol. The number of halogens is 1. The molecule has 1 amide bonds. The first-order valence-electron chi connectivity index (χ1n) is 27.5. The Bertz CT molecular complexity index is 2480. The van der Waals surface area contributed by atoms with Crippen LogP contribution in [0.3, 0.4) is 0 Å². The van der Waals surface area contributed by atoms with E-state index in [0.29, 0.717) is 59.1 Å². The predicted molar refractivity (Wildman–Crippen MR) is 290 cm³/mol. The number of hydrogen-bond acceptors (Lipinski definition) is 11. The number of carbonyl (C=O) groups is 2. The van der Waals surface area contributed by atoms with Crippen molar-refractivity contribution in [3.05, 3.63) is 143 Å². The third kappa shape index (κ3) is 14.9. The minimum absolute atomic E-state index is 0.00641. The van der Waals surface area contributed by atoms with Gasteiger partial charge in [-0.25, -0.2) is 9.18 Å². The lowest BCUT2D eigenvalue weighted by Crippen LogP contribution is -2.70. The highest BCUT2D eigenvalue weighted by molar-refractivity contribution is 6.03. The molecule has 3 aliphatic rings. The Labute approximate surface area is 443 Å². The van der Waals surface area contributed by atoms with Gasteiger partial charge in [0, 0.05) is 37.7 Å². The van der Waals surface area contributed by atoms with Gasteiger partial charge in [-0.2, -0.15) is 0 Å².